The Bertz CT molecular complexity index is 1890. The molecule has 0 spiro atoms. The van der Waals surface area contributed by atoms with Crippen molar-refractivity contribution < 1.29 is 23.6 Å². The first kappa shape index (κ1) is 27.6. The molecular formula is C30H22FN5O6. The molecule has 0 bridgehead atoms. The summed E-state index contributed by atoms with van der Waals surface area (Å²) >= 11 is 0. The van der Waals surface area contributed by atoms with E-state index >= 15 is 0 Å². The molecule has 0 aliphatic heterocycles. The molecule has 42 heavy (non-hydrogen) atoms. The summed E-state index contributed by atoms with van der Waals surface area (Å²) in [6.07, 6.45) is 1.26. The second-order valence-electron chi connectivity index (χ2n) is 8.86. The summed E-state index contributed by atoms with van der Waals surface area (Å²) in [5.41, 5.74) is 0.622. The number of carbonyl (C=O) groups excluding carboxylic acids is 1. The zero-order valence-corrected chi connectivity index (χ0v) is 22.1. The zero-order valence-electron chi connectivity index (χ0n) is 22.1. The Labute approximate surface area is 237 Å². The number of methoxy groups -OCH3 is 1. The Kier molecular flexibility index (Phi) is 7.96. The zero-order chi connectivity index (χ0) is 29.6. The third-order valence-electron chi connectivity index (χ3n) is 6.04. The van der Waals surface area contributed by atoms with E-state index in [1.54, 1.807) is 48.5 Å². The quantitative estimate of drug-likeness (QED) is 0.150. The number of benzene rings is 4. The standard InChI is InChI=1S/C30H22FN5O6/c1-41-26-15-19(14-25(36(39)40)28(26)42-18-27(37)33-22-11-7-10-21(31)16-22)17-32-35-29(20-8-3-2-4-9-20)34-24-13-6-5-12-23(24)30(35)38/h2-17H,18H2,1H3,(H,33,37). The van der Waals surface area contributed by atoms with E-state index in [1.165, 1.54) is 43.7 Å². The molecule has 1 heterocycles. The Balaban J connectivity index is 1.48. The van der Waals surface area contributed by atoms with Gasteiger partial charge in [0.25, 0.3) is 11.5 Å². The average Bonchev–Trinajstić information content (AvgIpc) is 2.99. The van der Waals surface area contributed by atoms with Crippen LogP contribution in [-0.4, -0.2) is 40.4 Å². The van der Waals surface area contributed by atoms with Gasteiger partial charge >= 0.3 is 5.69 Å². The molecule has 0 unspecified atom stereocenters. The molecule has 0 aliphatic rings. The molecule has 210 valence electrons. The van der Waals surface area contributed by atoms with Gasteiger partial charge in [-0.15, -0.1) is 0 Å². The van der Waals surface area contributed by atoms with E-state index in [2.05, 4.69) is 15.4 Å². The molecular weight excluding hydrogens is 545 g/mol. The number of hydrogen-bond donors (Lipinski definition) is 1. The summed E-state index contributed by atoms with van der Waals surface area (Å²) < 4.78 is 25.3. The van der Waals surface area contributed by atoms with Crippen LogP contribution in [0.25, 0.3) is 22.3 Å². The first-order valence-electron chi connectivity index (χ1n) is 12.5. The number of nitrogens with zero attached hydrogens (tertiary/aromatic N) is 4. The number of rotatable bonds is 9. The van der Waals surface area contributed by atoms with E-state index in [4.69, 9.17) is 9.47 Å². The van der Waals surface area contributed by atoms with Crippen LogP contribution in [0.5, 0.6) is 11.5 Å². The smallest absolute Gasteiger partial charge is 0.315 e. The van der Waals surface area contributed by atoms with Crippen LogP contribution in [0, 0.1) is 15.9 Å². The second-order valence-corrected chi connectivity index (χ2v) is 8.86. The van der Waals surface area contributed by atoms with Crippen molar-refractivity contribution in [3.63, 3.8) is 0 Å². The summed E-state index contributed by atoms with van der Waals surface area (Å²) in [6, 6.07) is 23.7. The molecule has 5 rings (SSSR count). The SMILES string of the molecule is COc1cc(C=Nn2c(-c3ccccc3)nc3ccccc3c2=O)cc([N+](=O)[O-])c1OCC(=O)Nc1cccc(F)c1. The lowest BCUT2D eigenvalue weighted by Crippen LogP contribution is -2.21. The van der Waals surface area contributed by atoms with E-state index in [0.29, 0.717) is 16.5 Å². The van der Waals surface area contributed by atoms with Gasteiger partial charge in [-0.3, -0.25) is 19.7 Å². The largest absolute Gasteiger partial charge is 0.493 e. The number of carbonyl (C=O) groups is 1. The highest BCUT2D eigenvalue weighted by Crippen LogP contribution is 2.38. The molecule has 0 atom stereocenters. The first-order valence-corrected chi connectivity index (χ1v) is 12.5. The van der Waals surface area contributed by atoms with Gasteiger partial charge < -0.3 is 14.8 Å². The molecule has 1 aromatic heterocycles. The minimum Gasteiger partial charge on any atom is -0.493 e. The fourth-order valence-corrected chi connectivity index (χ4v) is 4.15. The number of nitro groups is 1. The Morgan fingerprint density at radius 3 is 2.57 bits per heavy atom. The van der Waals surface area contributed by atoms with E-state index in [-0.39, 0.29) is 28.6 Å². The third-order valence-corrected chi connectivity index (χ3v) is 6.04. The summed E-state index contributed by atoms with van der Waals surface area (Å²) in [5.74, 6) is -1.26. The molecule has 11 nitrogen and oxygen atoms in total. The lowest BCUT2D eigenvalue weighted by molar-refractivity contribution is -0.385. The number of halogens is 1. The van der Waals surface area contributed by atoms with Crippen LogP contribution in [-0.2, 0) is 4.79 Å². The maximum Gasteiger partial charge on any atom is 0.315 e. The monoisotopic (exact) mass is 567 g/mol. The number of para-hydroxylation sites is 1. The van der Waals surface area contributed by atoms with E-state index in [9.17, 15) is 24.1 Å². The number of nitro benzene ring substituents is 1. The lowest BCUT2D eigenvalue weighted by atomic mass is 10.2. The van der Waals surface area contributed by atoms with Crippen LogP contribution in [0.2, 0.25) is 0 Å². The molecule has 1 N–H and O–H groups in total. The average molecular weight is 568 g/mol. The summed E-state index contributed by atoms with van der Waals surface area (Å²) in [6.45, 7) is -0.611. The predicted molar refractivity (Wildman–Crippen MR) is 155 cm³/mol. The minimum atomic E-state index is -0.696. The summed E-state index contributed by atoms with van der Waals surface area (Å²) in [7, 11) is 1.28. The number of aromatic nitrogens is 2. The van der Waals surface area contributed by atoms with Crippen molar-refractivity contribution in [1.29, 1.82) is 0 Å². The highest BCUT2D eigenvalue weighted by Gasteiger charge is 2.23. The van der Waals surface area contributed by atoms with Crippen molar-refractivity contribution in [2.45, 2.75) is 0 Å². The fourth-order valence-electron chi connectivity index (χ4n) is 4.15. The number of ether oxygens (including phenoxy) is 2. The Hall–Kier alpha value is -5.91. The third kappa shape index (κ3) is 5.97. The van der Waals surface area contributed by atoms with Gasteiger partial charge in [0.1, 0.15) is 5.82 Å². The van der Waals surface area contributed by atoms with Gasteiger partial charge in [-0.05, 0) is 36.4 Å². The molecule has 4 aromatic carbocycles. The number of hydrogen-bond acceptors (Lipinski definition) is 8. The van der Waals surface area contributed by atoms with Crippen LogP contribution in [0.4, 0.5) is 15.8 Å². The highest BCUT2D eigenvalue weighted by molar-refractivity contribution is 5.92. The minimum absolute atomic E-state index is 0.0449. The molecule has 5 aromatic rings. The number of anilines is 1. The Morgan fingerprint density at radius 2 is 1.83 bits per heavy atom. The molecule has 0 fully saturated rings. The number of nitrogens with one attached hydrogen (secondary N) is 1. The maximum atomic E-state index is 13.4. The summed E-state index contributed by atoms with van der Waals surface area (Å²) in [5, 5.41) is 19.1. The molecule has 1 amide bonds. The molecule has 0 radical (unpaired) electrons. The number of fused-ring (bicyclic) bond motifs is 1. The van der Waals surface area contributed by atoms with Crippen LogP contribution in [0.15, 0.2) is 101 Å². The van der Waals surface area contributed by atoms with Crippen molar-refractivity contribution >= 4 is 34.4 Å². The van der Waals surface area contributed by atoms with Crippen LogP contribution in [0.1, 0.15) is 5.56 Å². The van der Waals surface area contributed by atoms with Gasteiger partial charge in [0.15, 0.2) is 18.2 Å². The van der Waals surface area contributed by atoms with Gasteiger partial charge in [0, 0.05) is 22.9 Å². The van der Waals surface area contributed by atoms with Gasteiger partial charge in [-0.2, -0.15) is 9.78 Å². The van der Waals surface area contributed by atoms with E-state index < -0.39 is 34.5 Å². The molecule has 12 heteroatoms. The van der Waals surface area contributed by atoms with Gasteiger partial charge in [0.05, 0.1) is 29.2 Å². The van der Waals surface area contributed by atoms with Gasteiger partial charge in [-0.25, -0.2) is 9.37 Å². The van der Waals surface area contributed by atoms with Gasteiger partial charge in [0.2, 0.25) is 5.75 Å². The predicted octanol–water partition coefficient (Wildman–Crippen LogP) is 5.02. The number of amides is 1. The topological polar surface area (TPSA) is 138 Å². The fraction of sp³-hybridized carbons (Fsp3) is 0.0667. The van der Waals surface area contributed by atoms with E-state index in [0.717, 1.165) is 10.7 Å². The van der Waals surface area contributed by atoms with Crippen LogP contribution >= 0.6 is 0 Å². The van der Waals surface area contributed by atoms with Gasteiger partial charge in [-0.1, -0.05) is 48.5 Å². The summed E-state index contributed by atoms with van der Waals surface area (Å²) in [4.78, 5) is 41.6. The highest BCUT2D eigenvalue weighted by atomic mass is 19.1. The van der Waals surface area contributed by atoms with Crippen molar-refractivity contribution in [2.24, 2.45) is 5.10 Å². The second kappa shape index (κ2) is 12.1. The molecule has 0 saturated heterocycles. The van der Waals surface area contributed by atoms with Crippen molar-refractivity contribution in [1.82, 2.24) is 9.66 Å². The van der Waals surface area contributed by atoms with Crippen molar-refractivity contribution in [2.75, 3.05) is 19.0 Å². The first-order chi connectivity index (χ1) is 20.3. The van der Waals surface area contributed by atoms with Crippen LogP contribution < -0.4 is 20.3 Å². The lowest BCUT2D eigenvalue weighted by Gasteiger charge is -2.12. The molecule has 0 aliphatic carbocycles. The normalized spacial score (nSPS) is 11.0. The maximum absolute atomic E-state index is 13.4. The Morgan fingerprint density at radius 1 is 1.07 bits per heavy atom. The van der Waals surface area contributed by atoms with Crippen molar-refractivity contribution in [3.8, 4) is 22.9 Å². The van der Waals surface area contributed by atoms with E-state index in [1.807, 2.05) is 6.07 Å². The molecule has 0 saturated carbocycles. The van der Waals surface area contributed by atoms with Crippen LogP contribution in [0.3, 0.4) is 0 Å². The van der Waals surface area contributed by atoms with Crippen molar-refractivity contribution in [3.05, 3.63) is 123 Å².